The van der Waals surface area contributed by atoms with Crippen LogP contribution in [0, 0.1) is 17.8 Å². The van der Waals surface area contributed by atoms with Crippen LogP contribution in [0.4, 0.5) is 0 Å². The lowest BCUT2D eigenvalue weighted by molar-refractivity contribution is -0.141. The fourth-order valence-corrected chi connectivity index (χ4v) is 3.06. The number of carbonyl (C=O) groups is 2. The molecule has 1 amide bonds. The summed E-state index contributed by atoms with van der Waals surface area (Å²) in [5, 5.41) is 8.93. The van der Waals surface area contributed by atoms with Gasteiger partial charge in [0.1, 0.15) is 0 Å². The number of carboxylic acids is 1. The minimum atomic E-state index is -0.709. The summed E-state index contributed by atoms with van der Waals surface area (Å²) in [6, 6.07) is 3.82. The van der Waals surface area contributed by atoms with E-state index in [0.29, 0.717) is 19.5 Å². The van der Waals surface area contributed by atoms with Gasteiger partial charge in [-0.3, -0.25) is 14.6 Å². The number of likely N-dealkylation sites (tertiary alicyclic amines) is 1. The fourth-order valence-electron chi connectivity index (χ4n) is 3.06. The van der Waals surface area contributed by atoms with E-state index >= 15 is 0 Å². The van der Waals surface area contributed by atoms with Crippen LogP contribution in [0.25, 0.3) is 0 Å². The number of fused-ring (bicyclic) bond motifs is 1. The fraction of sp³-hybridized carbons (Fsp3) is 0.500. The van der Waals surface area contributed by atoms with Crippen LogP contribution in [0.2, 0.25) is 0 Å². The van der Waals surface area contributed by atoms with Gasteiger partial charge < -0.3 is 10.0 Å². The summed E-state index contributed by atoms with van der Waals surface area (Å²) in [5.74, 6) is -0.388. The zero-order chi connectivity index (χ0) is 13.4. The number of nitrogens with zero attached hydrogens (tertiary/aromatic N) is 2. The van der Waals surface area contributed by atoms with Crippen molar-refractivity contribution in [1.29, 1.82) is 0 Å². The van der Waals surface area contributed by atoms with Crippen molar-refractivity contribution >= 4 is 11.9 Å². The van der Waals surface area contributed by atoms with Crippen LogP contribution in [0.5, 0.6) is 0 Å². The molecule has 5 nitrogen and oxygen atoms in total. The molecule has 1 unspecified atom stereocenters. The van der Waals surface area contributed by atoms with Crippen molar-refractivity contribution < 1.29 is 14.7 Å². The third-order valence-electron chi connectivity index (χ3n) is 4.21. The number of hydrogen-bond acceptors (Lipinski definition) is 3. The summed E-state index contributed by atoms with van der Waals surface area (Å²) in [5.41, 5.74) is 1.11. The van der Waals surface area contributed by atoms with Crippen LogP contribution < -0.4 is 0 Å². The largest absolute Gasteiger partial charge is 0.481 e. The smallest absolute Gasteiger partial charge is 0.307 e. The molecule has 0 aromatic carbocycles. The Hall–Kier alpha value is -1.91. The Kier molecular flexibility index (Phi) is 2.97. The van der Waals surface area contributed by atoms with Crippen molar-refractivity contribution in [2.24, 2.45) is 17.8 Å². The average molecular weight is 260 g/mol. The van der Waals surface area contributed by atoms with Crippen LogP contribution in [0.1, 0.15) is 12.0 Å². The number of aryl methyl sites for hydroxylation is 1. The van der Waals surface area contributed by atoms with E-state index in [1.54, 1.807) is 12.4 Å². The normalized spacial score (nSPS) is 28.0. The monoisotopic (exact) mass is 260 g/mol. The van der Waals surface area contributed by atoms with Crippen LogP contribution >= 0.6 is 0 Å². The zero-order valence-electron chi connectivity index (χ0n) is 10.5. The maximum Gasteiger partial charge on any atom is 0.307 e. The van der Waals surface area contributed by atoms with Gasteiger partial charge in [-0.15, -0.1) is 0 Å². The SMILES string of the molecule is O=C(O)C1[C@H]2CN(C(=O)CCc3ccncc3)C[C@@H]12. The Bertz CT molecular complexity index is 491. The molecule has 0 bridgehead atoms. The molecule has 1 aliphatic carbocycles. The van der Waals surface area contributed by atoms with E-state index in [1.807, 2.05) is 17.0 Å². The van der Waals surface area contributed by atoms with E-state index in [4.69, 9.17) is 5.11 Å². The van der Waals surface area contributed by atoms with Crippen molar-refractivity contribution in [3.8, 4) is 0 Å². The molecule has 2 fully saturated rings. The third kappa shape index (κ3) is 2.32. The quantitative estimate of drug-likeness (QED) is 0.869. The molecule has 3 atom stereocenters. The first-order valence-corrected chi connectivity index (χ1v) is 6.56. The van der Waals surface area contributed by atoms with Crippen molar-refractivity contribution in [3.05, 3.63) is 30.1 Å². The summed E-state index contributed by atoms with van der Waals surface area (Å²) in [4.78, 5) is 28.6. The van der Waals surface area contributed by atoms with Crippen LogP contribution in [0.3, 0.4) is 0 Å². The number of aromatic nitrogens is 1. The second kappa shape index (κ2) is 4.64. The zero-order valence-corrected chi connectivity index (χ0v) is 10.5. The van der Waals surface area contributed by atoms with Crippen molar-refractivity contribution in [3.63, 3.8) is 0 Å². The number of pyridine rings is 1. The van der Waals surface area contributed by atoms with Gasteiger partial charge in [0.05, 0.1) is 5.92 Å². The lowest BCUT2D eigenvalue weighted by Gasteiger charge is -2.19. The molecule has 1 aliphatic heterocycles. The number of aliphatic carboxylic acids is 1. The molecule has 1 aromatic rings. The molecule has 1 aromatic heterocycles. The predicted octanol–water partition coefficient (Wildman–Crippen LogP) is 0.803. The summed E-state index contributed by atoms with van der Waals surface area (Å²) in [6.07, 6.45) is 4.65. The highest BCUT2D eigenvalue weighted by atomic mass is 16.4. The van der Waals surface area contributed by atoms with Crippen molar-refractivity contribution in [2.75, 3.05) is 13.1 Å². The maximum atomic E-state index is 12.0. The van der Waals surface area contributed by atoms with Gasteiger partial charge in [0.15, 0.2) is 0 Å². The van der Waals surface area contributed by atoms with E-state index in [9.17, 15) is 9.59 Å². The Labute approximate surface area is 111 Å². The maximum absolute atomic E-state index is 12.0. The first-order chi connectivity index (χ1) is 9.16. The molecular formula is C14H16N2O3. The molecule has 100 valence electrons. The molecule has 19 heavy (non-hydrogen) atoms. The second-order valence-corrected chi connectivity index (χ2v) is 5.35. The molecule has 1 saturated heterocycles. The Morgan fingerprint density at radius 3 is 2.47 bits per heavy atom. The van der Waals surface area contributed by atoms with Crippen LogP contribution in [0.15, 0.2) is 24.5 Å². The van der Waals surface area contributed by atoms with Gasteiger partial charge in [-0.1, -0.05) is 0 Å². The lowest BCUT2D eigenvalue weighted by atomic mass is 10.1. The Balaban J connectivity index is 1.47. The van der Waals surface area contributed by atoms with Gasteiger partial charge >= 0.3 is 5.97 Å². The van der Waals surface area contributed by atoms with Gasteiger partial charge in [-0.05, 0) is 36.0 Å². The number of carbonyl (C=O) groups excluding carboxylic acids is 1. The van der Waals surface area contributed by atoms with Gasteiger partial charge in [-0.2, -0.15) is 0 Å². The summed E-state index contributed by atoms with van der Waals surface area (Å²) < 4.78 is 0. The number of piperidine rings is 1. The molecular weight excluding hydrogens is 244 g/mol. The Morgan fingerprint density at radius 2 is 1.89 bits per heavy atom. The molecule has 2 heterocycles. The third-order valence-corrected chi connectivity index (χ3v) is 4.21. The van der Waals surface area contributed by atoms with Crippen LogP contribution in [-0.4, -0.2) is 40.0 Å². The topological polar surface area (TPSA) is 70.5 Å². The Morgan fingerprint density at radius 1 is 1.26 bits per heavy atom. The minimum Gasteiger partial charge on any atom is -0.481 e. The van der Waals surface area contributed by atoms with E-state index in [2.05, 4.69) is 4.98 Å². The van der Waals surface area contributed by atoms with Gasteiger partial charge in [0, 0.05) is 31.9 Å². The molecule has 5 heteroatoms. The van der Waals surface area contributed by atoms with Crippen LogP contribution in [-0.2, 0) is 16.0 Å². The van der Waals surface area contributed by atoms with Gasteiger partial charge in [0.25, 0.3) is 0 Å². The highest BCUT2D eigenvalue weighted by Crippen LogP contribution is 2.51. The predicted molar refractivity (Wildman–Crippen MR) is 67.2 cm³/mol. The van der Waals surface area contributed by atoms with E-state index in [1.165, 1.54) is 0 Å². The minimum absolute atomic E-state index is 0.133. The second-order valence-electron chi connectivity index (χ2n) is 5.35. The van der Waals surface area contributed by atoms with E-state index in [-0.39, 0.29) is 23.7 Å². The summed E-state index contributed by atoms with van der Waals surface area (Å²) in [6.45, 7) is 1.24. The number of carboxylic acid groups (broad SMARTS) is 1. The van der Waals surface area contributed by atoms with Crippen molar-refractivity contribution in [2.45, 2.75) is 12.8 Å². The molecule has 1 N–H and O–H groups in total. The molecule has 0 spiro atoms. The highest BCUT2D eigenvalue weighted by Gasteiger charge is 2.60. The molecule has 3 rings (SSSR count). The standard InChI is InChI=1S/C14H16N2O3/c17-12(2-1-9-3-5-15-6-4-9)16-7-10-11(8-16)13(10)14(18)19/h3-6,10-11,13H,1-2,7-8H2,(H,18,19)/t10-,11+,13?. The summed E-state index contributed by atoms with van der Waals surface area (Å²) >= 11 is 0. The van der Waals surface area contributed by atoms with Gasteiger partial charge in [-0.25, -0.2) is 0 Å². The first-order valence-electron chi connectivity index (χ1n) is 6.56. The lowest BCUT2D eigenvalue weighted by Crippen LogP contribution is -2.32. The van der Waals surface area contributed by atoms with Gasteiger partial charge in [0.2, 0.25) is 5.91 Å². The average Bonchev–Trinajstić information content (AvgIpc) is 2.93. The summed E-state index contributed by atoms with van der Waals surface area (Å²) in [7, 11) is 0. The molecule has 1 saturated carbocycles. The number of rotatable bonds is 4. The number of hydrogen-bond donors (Lipinski definition) is 1. The molecule has 0 radical (unpaired) electrons. The van der Waals surface area contributed by atoms with E-state index < -0.39 is 5.97 Å². The van der Waals surface area contributed by atoms with E-state index in [0.717, 1.165) is 12.0 Å². The highest BCUT2D eigenvalue weighted by molar-refractivity contribution is 5.79. The number of amides is 1. The molecule has 2 aliphatic rings. The first kappa shape index (κ1) is 12.1. The van der Waals surface area contributed by atoms with Crippen molar-refractivity contribution in [1.82, 2.24) is 9.88 Å².